The van der Waals surface area contributed by atoms with Gasteiger partial charge in [0.25, 0.3) is 0 Å². The summed E-state index contributed by atoms with van der Waals surface area (Å²) in [6.07, 6.45) is -4.71. The fraction of sp³-hybridized carbons (Fsp3) is 0.400. The molecule has 2 rings (SSSR count). The average Bonchev–Trinajstić information content (AvgIpc) is 2.67. The van der Waals surface area contributed by atoms with E-state index in [4.69, 9.17) is 0 Å². The number of rotatable bonds is 9. The number of benzene rings is 2. The number of hydrogen-bond donors (Lipinski definition) is 1. The van der Waals surface area contributed by atoms with Crippen molar-refractivity contribution in [3.05, 3.63) is 59.7 Å². The van der Waals surface area contributed by atoms with Crippen molar-refractivity contribution in [2.45, 2.75) is 44.6 Å². The lowest BCUT2D eigenvalue weighted by atomic mass is 10.1. The van der Waals surface area contributed by atoms with Gasteiger partial charge in [-0.15, -0.1) is 13.2 Å². The lowest BCUT2D eigenvalue weighted by molar-refractivity contribution is -0.274. The van der Waals surface area contributed by atoms with Crippen molar-refractivity contribution < 1.29 is 26.3 Å². The maximum Gasteiger partial charge on any atom is 0.573 e. The first-order valence-corrected chi connectivity index (χ1v) is 10.7. The summed E-state index contributed by atoms with van der Waals surface area (Å²) in [4.78, 5) is 0.248. The molecule has 0 bridgehead atoms. The van der Waals surface area contributed by atoms with Crippen molar-refractivity contribution in [3.8, 4) is 5.75 Å². The molecule has 0 spiro atoms. The van der Waals surface area contributed by atoms with E-state index >= 15 is 0 Å². The van der Waals surface area contributed by atoms with E-state index in [-0.39, 0.29) is 16.7 Å². The summed E-state index contributed by atoms with van der Waals surface area (Å²) in [7, 11) is -3.50. The van der Waals surface area contributed by atoms with Crippen molar-refractivity contribution in [2.24, 2.45) is 0 Å². The highest BCUT2D eigenvalue weighted by Crippen LogP contribution is 2.23. The minimum atomic E-state index is -4.71. The third-order valence-corrected chi connectivity index (χ3v) is 6.56. The quantitative estimate of drug-likeness (QED) is 0.638. The zero-order chi connectivity index (χ0) is 21.7. The van der Waals surface area contributed by atoms with E-state index in [1.807, 2.05) is 6.92 Å². The maximum atomic E-state index is 12.5. The van der Waals surface area contributed by atoms with Gasteiger partial charge in [-0.05, 0) is 42.3 Å². The van der Waals surface area contributed by atoms with Gasteiger partial charge in [0.15, 0.2) is 0 Å². The van der Waals surface area contributed by atoms with Crippen LogP contribution in [0.3, 0.4) is 0 Å². The van der Waals surface area contributed by atoms with Crippen LogP contribution in [-0.4, -0.2) is 32.2 Å². The SMILES string of the molecule is CCN(CC)S(=O)(=O)c1ccc(C(C)NCc2ccc(OC(F)(F)F)cc2)cc1. The minimum absolute atomic E-state index is 0.0775. The Bertz CT molecular complexity index is 879. The maximum absolute atomic E-state index is 12.5. The molecule has 160 valence electrons. The van der Waals surface area contributed by atoms with Crippen LogP contribution in [0.25, 0.3) is 0 Å². The summed E-state index contributed by atoms with van der Waals surface area (Å²) in [5.41, 5.74) is 1.70. The molecule has 1 atom stereocenters. The fourth-order valence-electron chi connectivity index (χ4n) is 2.84. The zero-order valence-electron chi connectivity index (χ0n) is 16.5. The molecular weight excluding hydrogens is 405 g/mol. The molecule has 0 saturated heterocycles. The van der Waals surface area contributed by atoms with Crippen molar-refractivity contribution in [1.29, 1.82) is 0 Å². The van der Waals surface area contributed by atoms with E-state index in [0.717, 1.165) is 11.1 Å². The second kappa shape index (κ2) is 9.60. The first-order valence-electron chi connectivity index (χ1n) is 9.25. The van der Waals surface area contributed by atoms with Gasteiger partial charge in [-0.25, -0.2) is 8.42 Å². The standard InChI is InChI=1S/C20H25F3N2O3S/c1-4-25(5-2)29(26,27)19-12-8-17(9-13-19)15(3)24-14-16-6-10-18(11-7-16)28-20(21,22)23/h6-13,15,24H,4-5,14H2,1-3H3. The van der Waals surface area contributed by atoms with E-state index in [9.17, 15) is 21.6 Å². The molecule has 2 aromatic rings. The Morgan fingerprint density at radius 2 is 1.55 bits per heavy atom. The smallest absolute Gasteiger partial charge is 0.406 e. The van der Waals surface area contributed by atoms with Crippen LogP contribution in [0.4, 0.5) is 13.2 Å². The Kier molecular flexibility index (Phi) is 7.67. The van der Waals surface area contributed by atoms with Crippen LogP contribution < -0.4 is 10.1 Å². The molecule has 5 nitrogen and oxygen atoms in total. The van der Waals surface area contributed by atoms with E-state index in [2.05, 4.69) is 10.1 Å². The first kappa shape index (κ1) is 23.2. The minimum Gasteiger partial charge on any atom is -0.406 e. The molecule has 0 aromatic heterocycles. The van der Waals surface area contributed by atoms with E-state index < -0.39 is 16.4 Å². The van der Waals surface area contributed by atoms with Crippen LogP contribution in [0.1, 0.15) is 37.9 Å². The molecule has 29 heavy (non-hydrogen) atoms. The van der Waals surface area contributed by atoms with Crippen LogP contribution in [0, 0.1) is 0 Å². The van der Waals surface area contributed by atoms with Crippen molar-refractivity contribution >= 4 is 10.0 Å². The number of hydrogen-bond acceptors (Lipinski definition) is 4. The van der Waals surface area contributed by atoms with E-state index in [1.54, 1.807) is 50.2 Å². The topological polar surface area (TPSA) is 58.6 Å². The van der Waals surface area contributed by atoms with Crippen molar-refractivity contribution in [3.63, 3.8) is 0 Å². The van der Waals surface area contributed by atoms with Crippen LogP contribution in [0.15, 0.2) is 53.4 Å². The van der Waals surface area contributed by atoms with E-state index in [1.165, 1.54) is 16.4 Å². The van der Waals surface area contributed by atoms with Gasteiger partial charge in [-0.3, -0.25) is 0 Å². The van der Waals surface area contributed by atoms with E-state index in [0.29, 0.717) is 19.6 Å². The molecule has 0 aliphatic rings. The van der Waals surface area contributed by atoms with Crippen molar-refractivity contribution in [2.75, 3.05) is 13.1 Å². The second-order valence-electron chi connectivity index (χ2n) is 6.45. The van der Waals surface area contributed by atoms with Crippen LogP contribution >= 0.6 is 0 Å². The predicted octanol–water partition coefficient (Wildman–Crippen LogP) is 4.47. The molecule has 0 heterocycles. The molecule has 9 heteroatoms. The third kappa shape index (κ3) is 6.45. The van der Waals surface area contributed by atoms with Gasteiger partial charge < -0.3 is 10.1 Å². The summed E-state index contributed by atoms with van der Waals surface area (Å²) in [6, 6.07) is 12.3. The van der Waals surface area contributed by atoms with Gasteiger partial charge in [0.2, 0.25) is 10.0 Å². The Morgan fingerprint density at radius 1 is 1.00 bits per heavy atom. The molecule has 0 amide bonds. The number of nitrogens with one attached hydrogen (secondary N) is 1. The summed E-state index contributed by atoms with van der Waals surface area (Å²) >= 11 is 0. The van der Waals surface area contributed by atoms with Gasteiger partial charge in [0.1, 0.15) is 5.75 Å². The summed E-state index contributed by atoms with van der Waals surface area (Å²) < 4.78 is 66.9. The predicted molar refractivity (Wildman–Crippen MR) is 105 cm³/mol. The molecule has 0 radical (unpaired) electrons. The van der Waals surface area contributed by atoms with Crippen LogP contribution in [-0.2, 0) is 16.6 Å². The Hall–Kier alpha value is -2.10. The number of nitrogens with zero attached hydrogens (tertiary/aromatic N) is 1. The number of halogens is 3. The molecule has 0 aliphatic carbocycles. The second-order valence-corrected chi connectivity index (χ2v) is 8.39. The highest BCUT2D eigenvalue weighted by molar-refractivity contribution is 7.89. The van der Waals surface area contributed by atoms with Gasteiger partial charge >= 0.3 is 6.36 Å². The normalized spacial score (nSPS) is 13.5. The average molecular weight is 430 g/mol. The van der Waals surface area contributed by atoms with Crippen molar-refractivity contribution in [1.82, 2.24) is 9.62 Å². The first-order chi connectivity index (χ1) is 13.6. The third-order valence-electron chi connectivity index (χ3n) is 4.49. The Labute approximate surface area is 169 Å². The van der Waals surface area contributed by atoms with Crippen LogP contribution in [0.5, 0.6) is 5.75 Å². The van der Waals surface area contributed by atoms with Gasteiger partial charge in [-0.2, -0.15) is 4.31 Å². The van der Waals surface area contributed by atoms with Gasteiger partial charge in [0.05, 0.1) is 4.90 Å². The summed E-state index contributed by atoms with van der Waals surface area (Å²) in [6.45, 7) is 6.77. The molecule has 2 aromatic carbocycles. The largest absolute Gasteiger partial charge is 0.573 e. The Morgan fingerprint density at radius 3 is 2.03 bits per heavy atom. The molecule has 0 saturated carbocycles. The summed E-state index contributed by atoms with van der Waals surface area (Å²) in [5.74, 6) is -0.265. The molecule has 1 N–H and O–H groups in total. The lowest BCUT2D eigenvalue weighted by Gasteiger charge is -2.19. The Balaban J connectivity index is 1.98. The van der Waals surface area contributed by atoms with Crippen LogP contribution in [0.2, 0.25) is 0 Å². The summed E-state index contributed by atoms with van der Waals surface area (Å²) in [5, 5.41) is 3.26. The monoisotopic (exact) mass is 430 g/mol. The zero-order valence-corrected chi connectivity index (χ0v) is 17.3. The van der Waals surface area contributed by atoms with Gasteiger partial charge in [-0.1, -0.05) is 38.1 Å². The molecule has 1 unspecified atom stereocenters. The molecular formula is C20H25F3N2O3S. The number of alkyl halides is 3. The number of ether oxygens (including phenoxy) is 1. The molecule has 0 aliphatic heterocycles. The fourth-order valence-corrected chi connectivity index (χ4v) is 4.30. The van der Waals surface area contributed by atoms with Gasteiger partial charge in [0, 0.05) is 25.7 Å². The highest BCUT2D eigenvalue weighted by atomic mass is 32.2. The molecule has 0 fully saturated rings. The highest BCUT2D eigenvalue weighted by Gasteiger charge is 2.30. The number of sulfonamides is 1. The lowest BCUT2D eigenvalue weighted by Crippen LogP contribution is -2.30.